The Morgan fingerprint density at radius 1 is 1.42 bits per heavy atom. The number of allylic oxidation sites excluding steroid dienone is 1. The van der Waals surface area contributed by atoms with Crippen molar-refractivity contribution in [3.8, 4) is 29.9 Å². The molecule has 130 valence electrons. The molecular formula is C19H13ClN2O4. The number of nitrogens with zero attached hydrogens (tertiary/aromatic N) is 2. The molecule has 0 heterocycles. The number of methoxy groups -OCH3 is 1. The molecule has 0 radical (unpaired) electrons. The van der Waals surface area contributed by atoms with Crippen molar-refractivity contribution in [1.29, 1.82) is 5.26 Å². The van der Waals surface area contributed by atoms with Crippen molar-refractivity contribution in [3.63, 3.8) is 0 Å². The molecule has 2 rings (SSSR count). The number of halogens is 1. The third kappa shape index (κ3) is 4.32. The Morgan fingerprint density at radius 2 is 2.19 bits per heavy atom. The Morgan fingerprint density at radius 3 is 2.81 bits per heavy atom. The zero-order valence-corrected chi connectivity index (χ0v) is 14.5. The minimum atomic E-state index is -0.518. The topological polar surface area (TPSA) is 85.4 Å². The fraction of sp³-hybridized carbons (Fsp3) is 0.105. The minimum Gasteiger partial charge on any atom is -0.493 e. The molecule has 0 atom stereocenters. The summed E-state index contributed by atoms with van der Waals surface area (Å²) in [6.45, 7) is 0.0302. The Hall–Kier alpha value is -3.48. The van der Waals surface area contributed by atoms with E-state index >= 15 is 0 Å². The van der Waals surface area contributed by atoms with Gasteiger partial charge in [-0.1, -0.05) is 29.7 Å². The van der Waals surface area contributed by atoms with Crippen LogP contribution in [0.1, 0.15) is 11.1 Å². The summed E-state index contributed by atoms with van der Waals surface area (Å²) < 4.78 is 10.6. The number of hydrogen-bond donors (Lipinski definition) is 0. The first-order valence-electron chi connectivity index (χ1n) is 7.30. The highest BCUT2D eigenvalue weighted by Crippen LogP contribution is 2.37. The van der Waals surface area contributed by atoms with Gasteiger partial charge >= 0.3 is 0 Å². The van der Waals surface area contributed by atoms with Crippen LogP contribution < -0.4 is 9.47 Å². The van der Waals surface area contributed by atoms with Crippen LogP contribution >= 0.6 is 11.6 Å². The number of hydrogen-bond acceptors (Lipinski definition) is 5. The van der Waals surface area contributed by atoms with E-state index in [1.165, 1.54) is 25.3 Å². The molecule has 0 spiro atoms. The van der Waals surface area contributed by atoms with Crippen LogP contribution in [0.4, 0.5) is 5.69 Å². The summed E-state index contributed by atoms with van der Waals surface area (Å²) >= 11 is 6.21. The maximum absolute atomic E-state index is 10.9. The third-order valence-electron chi connectivity index (χ3n) is 3.35. The van der Waals surface area contributed by atoms with Gasteiger partial charge in [-0.15, -0.1) is 6.42 Å². The summed E-state index contributed by atoms with van der Waals surface area (Å²) in [5.41, 5.74) is 1.13. The van der Waals surface area contributed by atoms with E-state index in [2.05, 4.69) is 5.92 Å². The lowest BCUT2D eigenvalue weighted by molar-refractivity contribution is -0.384. The summed E-state index contributed by atoms with van der Waals surface area (Å²) in [5, 5.41) is 20.6. The molecule has 0 aromatic heterocycles. The molecule has 7 heteroatoms. The number of terminal acetylenes is 1. The van der Waals surface area contributed by atoms with Gasteiger partial charge in [0, 0.05) is 12.1 Å². The van der Waals surface area contributed by atoms with Gasteiger partial charge in [-0.2, -0.15) is 5.26 Å². The molecule has 0 bridgehead atoms. The highest BCUT2D eigenvalue weighted by molar-refractivity contribution is 6.32. The van der Waals surface area contributed by atoms with Gasteiger partial charge in [-0.25, -0.2) is 0 Å². The number of rotatable bonds is 6. The van der Waals surface area contributed by atoms with E-state index in [9.17, 15) is 15.4 Å². The zero-order valence-electron chi connectivity index (χ0n) is 13.7. The van der Waals surface area contributed by atoms with Crippen molar-refractivity contribution in [3.05, 3.63) is 62.7 Å². The molecule has 0 aliphatic rings. The standard InChI is InChI=1S/C19H13ClN2O4/c1-3-7-26-19-17(20)9-13(10-18(19)25-2)8-15(12-21)14-5-4-6-16(11-14)22(23)24/h1,4-6,8-11H,7H2,2H3/b15-8-. The predicted octanol–water partition coefficient (Wildman–Crippen LogP) is 4.33. The molecule has 6 nitrogen and oxygen atoms in total. The zero-order chi connectivity index (χ0) is 19.1. The van der Waals surface area contributed by atoms with Crippen LogP contribution in [-0.4, -0.2) is 18.6 Å². The van der Waals surface area contributed by atoms with Crippen LogP contribution in [0.2, 0.25) is 5.02 Å². The highest BCUT2D eigenvalue weighted by Gasteiger charge is 2.13. The summed E-state index contributed by atoms with van der Waals surface area (Å²) in [4.78, 5) is 10.4. The van der Waals surface area contributed by atoms with Crippen LogP contribution in [0.3, 0.4) is 0 Å². The second-order valence-corrected chi connectivity index (χ2v) is 5.41. The molecule has 0 aliphatic heterocycles. The van der Waals surface area contributed by atoms with E-state index < -0.39 is 4.92 Å². The van der Waals surface area contributed by atoms with Gasteiger partial charge < -0.3 is 9.47 Å². The molecule has 0 saturated carbocycles. The maximum Gasteiger partial charge on any atom is 0.270 e. The average Bonchev–Trinajstić information content (AvgIpc) is 2.64. The summed E-state index contributed by atoms with van der Waals surface area (Å²) in [5.74, 6) is 3.00. The van der Waals surface area contributed by atoms with E-state index in [1.54, 1.807) is 24.3 Å². The molecular weight excluding hydrogens is 356 g/mol. The Bertz CT molecular complexity index is 955. The summed E-state index contributed by atoms with van der Waals surface area (Å²) in [7, 11) is 1.45. The SMILES string of the molecule is C#CCOc1c(Cl)cc(/C=C(/C#N)c2cccc([N+](=O)[O-])c2)cc1OC. The van der Waals surface area contributed by atoms with Gasteiger partial charge in [0.25, 0.3) is 5.69 Å². The Kier molecular flexibility index (Phi) is 6.21. The van der Waals surface area contributed by atoms with Gasteiger partial charge in [-0.05, 0) is 29.3 Å². The van der Waals surface area contributed by atoms with Crippen molar-refractivity contribution in [1.82, 2.24) is 0 Å². The summed E-state index contributed by atoms with van der Waals surface area (Å²) in [6, 6.07) is 11.1. The van der Waals surface area contributed by atoms with Crippen molar-refractivity contribution in [2.45, 2.75) is 0 Å². The van der Waals surface area contributed by atoms with E-state index in [0.717, 1.165) is 0 Å². The van der Waals surface area contributed by atoms with Crippen LogP contribution in [0, 0.1) is 33.8 Å². The largest absolute Gasteiger partial charge is 0.493 e. The van der Waals surface area contributed by atoms with Crippen LogP contribution in [-0.2, 0) is 0 Å². The van der Waals surface area contributed by atoms with Crippen LogP contribution in [0.15, 0.2) is 36.4 Å². The Balaban J connectivity index is 2.48. The molecule has 0 N–H and O–H groups in total. The van der Waals surface area contributed by atoms with Crippen LogP contribution in [0.25, 0.3) is 11.6 Å². The molecule has 2 aromatic rings. The van der Waals surface area contributed by atoms with E-state index in [4.69, 9.17) is 27.5 Å². The number of nitro groups is 1. The van der Waals surface area contributed by atoms with E-state index in [1.807, 2.05) is 6.07 Å². The van der Waals surface area contributed by atoms with Gasteiger partial charge in [0.15, 0.2) is 11.5 Å². The molecule has 26 heavy (non-hydrogen) atoms. The van der Waals surface area contributed by atoms with E-state index in [-0.39, 0.29) is 22.9 Å². The molecule has 2 aromatic carbocycles. The van der Waals surface area contributed by atoms with Crippen molar-refractivity contribution in [2.75, 3.05) is 13.7 Å². The normalized spacial score (nSPS) is 10.5. The molecule has 0 aliphatic carbocycles. The molecule has 0 amide bonds. The van der Waals surface area contributed by atoms with Crippen molar-refractivity contribution >= 4 is 28.9 Å². The number of benzene rings is 2. The lowest BCUT2D eigenvalue weighted by Crippen LogP contribution is -1.98. The first-order chi connectivity index (χ1) is 12.5. The first kappa shape index (κ1) is 18.9. The monoisotopic (exact) mass is 368 g/mol. The van der Waals surface area contributed by atoms with Crippen LogP contribution in [0.5, 0.6) is 11.5 Å². The highest BCUT2D eigenvalue weighted by atomic mass is 35.5. The van der Waals surface area contributed by atoms with Crippen molar-refractivity contribution < 1.29 is 14.4 Å². The molecule has 0 fully saturated rings. The predicted molar refractivity (Wildman–Crippen MR) is 98.9 cm³/mol. The molecule has 0 saturated heterocycles. The van der Waals surface area contributed by atoms with Gasteiger partial charge in [0.1, 0.15) is 6.61 Å². The third-order valence-corrected chi connectivity index (χ3v) is 3.63. The number of nitro benzene ring substituents is 1. The summed E-state index contributed by atoms with van der Waals surface area (Å²) in [6.07, 6.45) is 6.73. The van der Waals surface area contributed by atoms with Gasteiger partial charge in [0.2, 0.25) is 0 Å². The smallest absolute Gasteiger partial charge is 0.270 e. The molecule has 0 unspecified atom stereocenters. The second kappa shape index (κ2) is 8.57. The average molecular weight is 369 g/mol. The second-order valence-electron chi connectivity index (χ2n) is 5.00. The lowest BCUT2D eigenvalue weighted by atomic mass is 10.0. The number of ether oxygens (including phenoxy) is 2. The number of nitriles is 1. The first-order valence-corrected chi connectivity index (χ1v) is 7.68. The number of non-ortho nitro benzene ring substituents is 1. The minimum absolute atomic E-state index is 0.0302. The lowest BCUT2D eigenvalue weighted by Gasteiger charge is -2.12. The van der Waals surface area contributed by atoms with Gasteiger partial charge in [0.05, 0.1) is 28.7 Å². The van der Waals surface area contributed by atoms with E-state index in [0.29, 0.717) is 22.6 Å². The fourth-order valence-corrected chi connectivity index (χ4v) is 2.48. The fourth-order valence-electron chi connectivity index (χ4n) is 2.21. The Labute approximate surface area is 155 Å². The van der Waals surface area contributed by atoms with Crippen molar-refractivity contribution in [2.24, 2.45) is 0 Å². The van der Waals surface area contributed by atoms with Gasteiger partial charge in [-0.3, -0.25) is 10.1 Å². The quantitative estimate of drug-likeness (QED) is 0.249. The maximum atomic E-state index is 10.9.